The Bertz CT molecular complexity index is 1080. The molecule has 0 bridgehead atoms. The fraction of sp³-hybridized carbons (Fsp3) is 0.333. The van der Waals surface area contributed by atoms with Crippen molar-refractivity contribution in [2.45, 2.75) is 32.9 Å². The van der Waals surface area contributed by atoms with Gasteiger partial charge in [0.1, 0.15) is 6.04 Å². The number of carbonyl (C=O) groups is 2. The number of methoxy groups -OCH3 is 2. The highest BCUT2D eigenvalue weighted by Gasteiger charge is 2.28. The first kappa shape index (κ1) is 23.8. The maximum atomic E-state index is 12.8. The molecule has 3 rings (SSSR count). The number of hydrogen-bond donors (Lipinski definition) is 1. The fourth-order valence-electron chi connectivity index (χ4n) is 3.11. The lowest BCUT2D eigenvalue weighted by Crippen LogP contribution is -2.45. The van der Waals surface area contributed by atoms with Crippen LogP contribution in [0.5, 0.6) is 11.5 Å². The Hall–Kier alpha value is -3.88. The third kappa shape index (κ3) is 5.88. The normalized spacial score (nSPS) is 12.5. The molecule has 1 N–H and O–H groups in total. The number of hydrogen-bond acceptors (Lipinski definition) is 8. The fourth-order valence-corrected chi connectivity index (χ4v) is 3.11. The average molecular weight is 453 g/mol. The zero-order valence-corrected chi connectivity index (χ0v) is 19.0. The van der Waals surface area contributed by atoms with Gasteiger partial charge in [-0.15, -0.1) is 0 Å². The molecular weight excluding hydrogens is 426 g/mol. The Kier molecular flexibility index (Phi) is 8.01. The van der Waals surface area contributed by atoms with Gasteiger partial charge in [-0.1, -0.05) is 43.6 Å². The summed E-state index contributed by atoms with van der Waals surface area (Å²) in [5, 5.41) is 6.70. The summed E-state index contributed by atoms with van der Waals surface area (Å²) in [6.45, 7) is 3.60. The van der Waals surface area contributed by atoms with Gasteiger partial charge in [0, 0.05) is 11.1 Å². The van der Waals surface area contributed by atoms with Crippen LogP contribution in [0.25, 0.3) is 11.4 Å². The molecule has 0 aliphatic rings. The smallest absolute Gasteiger partial charge is 0.329 e. The van der Waals surface area contributed by atoms with Crippen molar-refractivity contribution in [1.82, 2.24) is 15.5 Å². The van der Waals surface area contributed by atoms with Crippen molar-refractivity contribution >= 4 is 11.9 Å². The van der Waals surface area contributed by atoms with Gasteiger partial charge in [-0.25, -0.2) is 4.79 Å². The molecule has 0 fully saturated rings. The second-order valence-corrected chi connectivity index (χ2v) is 7.39. The second-order valence-electron chi connectivity index (χ2n) is 7.39. The van der Waals surface area contributed by atoms with Gasteiger partial charge >= 0.3 is 5.97 Å². The molecule has 1 aromatic heterocycles. The van der Waals surface area contributed by atoms with Crippen molar-refractivity contribution < 1.29 is 28.3 Å². The third-order valence-corrected chi connectivity index (χ3v) is 5.24. The Labute approximate surface area is 192 Å². The molecule has 0 aliphatic heterocycles. The van der Waals surface area contributed by atoms with Gasteiger partial charge in [-0.05, 0) is 36.2 Å². The summed E-state index contributed by atoms with van der Waals surface area (Å²) in [6.07, 6.45) is 0.679. The summed E-state index contributed by atoms with van der Waals surface area (Å²) in [7, 11) is 3.08. The molecule has 0 aliphatic carbocycles. The number of amides is 1. The number of aromatic nitrogens is 2. The molecule has 33 heavy (non-hydrogen) atoms. The molecule has 0 saturated heterocycles. The van der Waals surface area contributed by atoms with E-state index < -0.39 is 12.0 Å². The van der Waals surface area contributed by atoms with Gasteiger partial charge in [0.25, 0.3) is 11.8 Å². The summed E-state index contributed by atoms with van der Waals surface area (Å²) in [5.41, 5.74) is 1.12. The average Bonchev–Trinajstić information content (AvgIpc) is 3.34. The van der Waals surface area contributed by atoms with Crippen LogP contribution in [0.1, 0.15) is 36.5 Å². The van der Waals surface area contributed by atoms with E-state index in [1.807, 2.05) is 19.9 Å². The molecule has 0 unspecified atom stereocenters. The molecule has 3 aromatic rings. The Morgan fingerprint density at radius 1 is 1.06 bits per heavy atom. The number of nitrogens with zero attached hydrogens (tertiary/aromatic N) is 2. The van der Waals surface area contributed by atoms with Crippen LogP contribution in [-0.2, 0) is 16.1 Å². The van der Waals surface area contributed by atoms with E-state index in [4.69, 9.17) is 18.7 Å². The maximum absolute atomic E-state index is 12.8. The molecule has 2 aromatic carbocycles. The van der Waals surface area contributed by atoms with E-state index in [-0.39, 0.29) is 24.3 Å². The maximum Gasteiger partial charge on any atom is 0.329 e. The van der Waals surface area contributed by atoms with Gasteiger partial charge in [0.15, 0.2) is 18.1 Å². The quantitative estimate of drug-likeness (QED) is 0.463. The predicted octanol–water partition coefficient (Wildman–Crippen LogP) is 3.64. The second kappa shape index (κ2) is 11.1. The minimum absolute atomic E-state index is 0.129. The van der Waals surface area contributed by atoms with E-state index in [2.05, 4.69) is 15.5 Å². The topological polar surface area (TPSA) is 113 Å². The lowest BCUT2D eigenvalue weighted by molar-refractivity contribution is -0.149. The number of ether oxygens (including phenoxy) is 3. The van der Waals surface area contributed by atoms with Gasteiger partial charge in [-0.2, -0.15) is 4.98 Å². The van der Waals surface area contributed by atoms with E-state index in [9.17, 15) is 9.59 Å². The van der Waals surface area contributed by atoms with E-state index in [0.29, 0.717) is 34.9 Å². The SMILES string of the molecule is CC[C@@H](C)[C@H](NC(=O)c1ccccc1)C(=O)OCc1nc(-c2ccc(OC)c(OC)c2)no1. The van der Waals surface area contributed by atoms with E-state index in [1.165, 1.54) is 7.11 Å². The first-order chi connectivity index (χ1) is 16.0. The van der Waals surface area contributed by atoms with Crippen LogP contribution >= 0.6 is 0 Å². The Balaban J connectivity index is 1.66. The third-order valence-electron chi connectivity index (χ3n) is 5.24. The van der Waals surface area contributed by atoms with Crippen molar-refractivity contribution in [3.8, 4) is 22.9 Å². The minimum atomic E-state index is -0.809. The van der Waals surface area contributed by atoms with Crippen molar-refractivity contribution in [3.63, 3.8) is 0 Å². The van der Waals surface area contributed by atoms with Crippen LogP contribution in [0.2, 0.25) is 0 Å². The largest absolute Gasteiger partial charge is 0.493 e. The Morgan fingerprint density at radius 3 is 2.45 bits per heavy atom. The standard InChI is InChI=1S/C24H27N3O6/c1-5-15(2)21(26-23(28)16-9-7-6-8-10-16)24(29)32-14-20-25-22(27-33-20)17-11-12-18(30-3)19(13-17)31-4/h6-13,15,21H,5,14H2,1-4H3,(H,26,28)/t15-,21+/m1/s1. The lowest BCUT2D eigenvalue weighted by Gasteiger charge is -2.22. The predicted molar refractivity (Wildman–Crippen MR) is 120 cm³/mol. The van der Waals surface area contributed by atoms with Crippen LogP contribution in [0, 0.1) is 5.92 Å². The number of carbonyl (C=O) groups excluding carboxylic acids is 2. The van der Waals surface area contributed by atoms with Gasteiger partial charge in [0.05, 0.1) is 14.2 Å². The highest BCUT2D eigenvalue weighted by atomic mass is 16.6. The summed E-state index contributed by atoms with van der Waals surface area (Å²) < 4.78 is 21.1. The molecule has 9 nitrogen and oxygen atoms in total. The van der Waals surface area contributed by atoms with Crippen molar-refractivity contribution in [2.24, 2.45) is 5.92 Å². The zero-order chi connectivity index (χ0) is 23.8. The van der Waals surface area contributed by atoms with Crippen LogP contribution in [-0.4, -0.2) is 42.3 Å². The van der Waals surface area contributed by atoms with Gasteiger partial charge in [-0.3, -0.25) is 4.79 Å². The molecule has 0 spiro atoms. The first-order valence-electron chi connectivity index (χ1n) is 10.5. The summed E-state index contributed by atoms with van der Waals surface area (Å²) >= 11 is 0. The Morgan fingerprint density at radius 2 is 1.79 bits per heavy atom. The molecular formula is C24H27N3O6. The highest BCUT2D eigenvalue weighted by molar-refractivity contribution is 5.96. The zero-order valence-electron chi connectivity index (χ0n) is 19.0. The summed E-state index contributed by atoms with van der Waals surface area (Å²) in [5.74, 6) is 0.509. The van der Waals surface area contributed by atoms with E-state index >= 15 is 0 Å². The van der Waals surface area contributed by atoms with Gasteiger partial charge < -0.3 is 24.1 Å². The van der Waals surface area contributed by atoms with E-state index in [1.54, 1.807) is 49.6 Å². The molecule has 0 radical (unpaired) electrons. The molecule has 1 heterocycles. The lowest BCUT2D eigenvalue weighted by atomic mass is 9.99. The van der Waals surface area contributed by atoms with Crippen LogP contribution < -0.4 is 14.8 Å². The van der Waals surface area contributed by atoms with Crippen LogP contribution in [0.4, 0.5) is 0 Å². The van der Waals surface area contributed by atoms with Crippen molar-refractivity contribution in [3.05, 3.63) is 60.0 Å². The summed E-state index contributed by atoms with van der Waals surface area (Å²) in [6, 6.07) is 13.1. The van der Waals surface area contributed by atoms with E-state index in [0.717, 1.165) is 0 Å². The van der Waals surface area contributed by atoms with Crippen LogP contribution in [0.3, 0.4) is 0 Å². The van der Waals surface area contributed by atoms with Crippen molar-refractivity contribution in [1.29, 1.82) is 0 Å². The summed E-state index contributed by atoms with van der Waals surface area (Å²) in [4.78, 5) is 29.6. The molecule has 2 atom stereocenters. The molecule has 174 valence electrons. The van der Waals surface area contributed by atoms with Crippen LogP contribution in [0.15, 0.2) is 53.1 Å². The number of benzene rings is 2. The van der Waals surface area contributed by atoms with Gasteiger partial charge in [0.2, 0.25) is 5.82 Å². The molecule has 9 heteroatoms. The number of esters is 1. The highest BCUT2D eigenvalue weighted by Crippen LogP contribution is 2.31. The number of rotatable bonds is 10. The molecule has 1 amide bonds. The first-order valence-corrected chi connectivity index (χ1v) is 10.5. The monoisotopic (exact) mass is 453 g/mol. The minimum Gasteiger partial charge on any atom is -0.493 e. The molecule has 0 saturated carbocycles. The number of nitrogens with one attached hydrogen (secondary N) is 1. The van der Waals surface area contributed by atoms with Crippen molar-refractivity contribution in [2.75, 3.05) is 14.2 Å².